The highest BCUT2D eigenvalue weighted by Gasteiger charge is 2.52. The van der Waals surface area contributed by atoms with E-state index in [-0.39, 0.29) is 0 Å². The quantitative estimate of drug-likeness (QED) is 0.165. The lowest BCUT2D eigenvalue weighted by Gasteiger charge is -2.45. The van der Waals surface area contributed by atoms with Gasteiger partial charge in [0, 0.05) is 74.0 Å². The van der Waals surface area contributed by atoms with Gasteiger partial charge in [-0.15, -0.1) is 0 Å². The van der Waals surface area contributed by atoms with Crippen molar-refractivity contribution < 1.29 is 0 Å². The first-order chi connectivity index (χ1) is 57.6. The second kappa shape index (κ2) is 25.2. The van der Waals surface area contributed by atoms with E-state index in [9.17, 15) is 0 Å². The minimum absolute atomic E-state index is 0.521. The number of nitrogens with zero attached hydrogens (tertiary/aromatic N) is 4. The molecule has 8 heterocycles. The van der Waals surface area contributed by atoms with Gasteiger partial charge in [-0.1, -0.05) is 351 Å². The molecule has 22 aromatic rings. The van der Waals surface area contributed by atoms with Crippen LogP contribution in [0.25, 0.3) is 154 Å². The fourth-order valence-electron chi connectivity index (χ4n) is 20.7. The van der Waals surface area contributed by atoms with Crippen LogP contribution in [0.4, 0.5) is 0 Å². The van der Waals surface area contributed by atoms with Crippen molar-refractivity contribution >= 4 is 111 Å². The molecular weight excluding hydrogens is 1440 g/mol. The molecule has 0 amide bonds. The topological polar surface area (TPSA) is 19.7 Å². The summed E-state index contributed by atoms with van der Waals surface area (Å²) in [6, 6.07) is 153. The molecule has 0 saturated carbocycles. The van der Waals surface area contributed by atoms with Crippen LogP contribution in [0.5, 0.6) is 0 Å². The van der Waals surface area contributed by atoms with Crippen LogP contribution in [0.1, 0.15) is 44.5 Å². The number of para-hydroxylation sites is 8. The van der Waals surface area contributed by atoms with E-state index in [1.165, 1.54) is 207 Å². The lowest BCUT2D eigenvalue weighted by molar-refractivity contribution is 0.691. The van der Waals surface area contributed by atoms with Gasteiger partial charge in [-0.3, -0.25) is 0 Å². The molecule has 540 valence electrons. The summed E-state index contributed by atoms with van der Waals surface area (Å²) in [7, 11) is 0. The molecule has 0 radical (unpaired) electrons. The highest BCUT2D eigenvalue weighted by atomic mass is 32.2. The summed E-state index contributed by atoms with van der Waals surface area (Å²) in [4.78, 5) is 5.20. The van der Waals surface area contributed by atoms with Crippen LogP contribution < -0.4 is 0 Å². The smallest absolute Gasteiger partial charge is 0.0765 e. The molecule has 6 heteroatoms. The Balaban J connectivity index is 0.000000130. The summed E-state index contributed by atoms with van der Waals surface area (Å²) in [5, 5.41) is 10.2. The minimum atomic E-state index is -0.539. The maximum Gasteiger partial charge on any atom is 0.0765 e. The van der Waals surface area contributed by atoms with Crippen LogP contribution in [-0.4, -0.2) is 18.3 Å². The monoisotopic (exact) mass is 1510 g/mol. The molecule has 26 rings (SSSR count). The first kappa shape index (κ1) is 65.4. The predicted octanol–water partition coefficient (Wildman–Crippen LogP) is 28.8. The normalized spacial score (nSPS) is 15.2. The predicted molar refractivity (Wildman–Crippen MR) is 484 cm³/mol. The van der Waals surface area contributed by atoms with Crippen LogP contribution >= 0.6 is 23.5 Å². The molecule has 0 saturated heterocycles. The van der Waals surface area contributed by atoms with Crippen LogP contribution in [-0.2, 0) is 10.8 Å². The van der Waals surface area contributed by atoms with Gasteiger partial charge in [0.2, 0.25) is 0 Å². The summed E-state index contributed by atoms with van der Waals surface area (Å²) >= 11 is 3.83. The van der Waals surface area contributed by atoms with E-state index in [2.05, 4.69) is 431 Å². The van der Waals surface area contributed by atoms with E-state index >= 15 is 0 Å². The molecule has 4 aliphatic heterocycles. The third kappa shape index (κ3) is 9.14. The Morgan fingerprint density at radius 1 is 0.172 bits per heavy atom. The van der Waals surface area contributed by atoms with Crippen molar-refractivity contribution in [1.82, 2.24) is 18.3 Å². The van der Waals surface area contributed by atoms with E-state index in [4.69, 9.17) is 0 Å². The number of hydrogen-bond acceptors (Lipinski definition) is 2. The van der Waals surface area contributed by atoms with E-state index in [1.54, 1.807) is 0 Å². The van der Waals surface area contributed by atoms with Gasteiger partial charge >= 0.3 is 0 Å². The van der Waals surface area contributed by atoms with Crippen molar-refractivity contribution in [2.75, 3.05) is 0 Å². The molecule has 4 aliphatic rings. The summed E-state index contributed by atoms with van der Waals surface area (Å²) in [6.07, 6.45) is 0. The lowest BCUT2D eigenvalue weighted by atomic mass is 9.62. The standard InChI is InChI=1S/2C55H34N2S/c1-2-13-35(14-3-1)36-25-27-37(28-26-36)38-29-31-39(32-30-38)56-48-21-8-5-16-41(48)43-33-47-53(34-51(43)56)58-52-24-11-7-19-45(52)55(47)44-18-6-10-23-50(44)57-49-22-9-4-15-40(49)42-17-12-20-46(55)54(42)57;1-2-13-35(14-3-1)36-25-27-37(28-26-36)38-29-31-39(32-30-38)56-48-21-8-4-16-41(48)43-33-34-47-54(53(43)56)58-51-24-11-7-19-45(51)55(47)44-18-6-10-23-50(44)57-49-22-9-5-15-40(49)42-17-12-20-46(55)52(42)57/h2*1-34H. The summed E-state index contributed by atoms with van der Waals surface area (Å²) < 4.78 is 10.0. The maximum absolute atomic E-state index is 2.54. The van der Waals surface area contributed by atoms with Gasteiger partial charge in [-0.25, -0.2) is 0 Å². The number of fused-ring (bicyclic) bond motifs is 29. The zero-order valence-corrected chi connectivity index (χ0v) is 64.5. The van der Waals surface area contributed by atoms with Gasteiger partial charge in [-0.2, -0.15) is 0 Å². The lowest BCUT2D eigenvalue weighted by Crippen LogP contribution is -2.37. The van der Waals surface area contributed by atoms with Crippen molar-refractivity contribution in [3.05, 3.63) is 457 Å². The van der Waals surface area contributed by atoms with Crippen molar-refractivity contribution in [2.24, 2.45) is 0 Å². The largest absolute Gasteiger partial charge is 0.309 e. The van der Waals surface area contributed by atoms with Gasteiger partial charge in [0.25, 0.3) is 0 Å². The average Bonchev–Trinajstić information content (AvgIpc) is 1.32. The van der Waals surface area contributed by atoms with E-state index in [0.29, 0.717) is 0 Å². The highest BCUT2D eigenvalue weighted by molar-refractivity contribution is 8.00. The summed E-state index contributed by atoms with van der Waals surface area (Å²) in [6.45, 7) is 0. The fraction of sp³-hybridized carbons (Fsp3) is 0.0182. The van der Waals surface area contributed by atoms with E-state index in [0.717, 1.165) is 11.4 Å². The van der Waals surface area contributed by atoms with E-state index in [1.807, 2.05) is 23.5 Å². The molecule has 0 fully saturated rings. The van der Waals surface area contributed by atoms with E-state index < -0.39 is 10.8 Å². The number of rotatable bonds is 6. The zero-order chi connectivity index (χ0) is 75.9. The SMILES string of the molecule is c1ccc(-c2ccc(-c3ccc(-n4c5ccccc5c5cc6c(cc54)Sc4ccccc4C64c5ccccc5-n5c6ccccc6c6cccc4c65)cc3)cc2)cc1.c1ccc(-c2ccc(-c3ccc(-n4c5ccccc5c5ccc6c(c54)Sc4ccccc4C64c5ccccc5-n5c6ccccc6c6cccc4c65)cc3)cc2)cc1. The molecule has 0 aliphatic carbocycles. The summed E-state index contributed by atoms with van der Waals surface area (Å²) in [5.74, 6) is 0. The Bertz CT molecular complexity index is 7860. The molecule has 2 atom stereocenters. The molecular formula is C110H68N4S2. The number of hydrogen-bond donors (Lipinski definition) is 0. The van der Waals surface area contributed by atoms with Crippen molar-refractivity contribution in [3.8, 4) is 67.3 Å². The fourth-order valence-corrected chi connectivity index (χ4v) is 23.3. The van der Waals surface area contributed by atoms with Crippen molar-refractivity contribution in [2.45, 2.75) is 30.4 Å². The molecule has 2 unspecified atom stereocenters. The average molecular weight is 1510 g/mol. The second-order valence-electron chi connectivity index (χ2n) is 31.2. The first-order valence-corrected chi connectivity index (χ1v) is 41.7. The third-order valence-electron chi connectivity index (χ3n) is 25.6. The first-order valence-electron chi connectivity index (χ1n) is 40.0. The van der Waals surface area contributed by atoms with Crippen LogP contribution in [0.15, 0.2) is 432 Å². The highest BCUT2D eigenvalue weighted by Crippen LogP contribution is 2.64. The molecule has 4 nitrogen and oxygen atoms in total. The van der Waals surface area contributed by atoms with Crippen LogP contribution in [0, 0.1) is 0 Å². The molecule has 116 heavy (non-hydrogen) atoms. The van der Waals surface area contributed by atoms with Crippen molar-refractivity contribution in [1.29, 1.82) is 0 Å². The third-order valence-corrected chi connectivity index (χ3v) is 27.9. The Kier molecular flexibility index (Phi) is 14.2. The Morgan fingerprint density at radius 3 is 0.991 bits per heavy atom. The Labute approximate surface area is 678 Å². The zero-order valence-electron chi connectivity index (χ0n) is 62.9. The van der Waals surface area contributed by atoms with Crippen LogP contribution in [0.2, 0.25) is 0 Å². The minimum Gasteiger partial charge on any atom is -0.309 e. The molecule has 4 aromatic heterocycles. The number of aromatic nitrogens is 4. The van der Waals surface area contributed by atoms with Gasteiger partial charge in [0.1, 0.15) is 0 Å². The van der Waals surface area contributed by atoms with Gasteiger partial charge < -0.3 is 18.3 Å². The number of benzene rings is 18. The Hall–Kier alpha value is -14.1. The van der Waals surface area contributed by atoms with Gasteiger partial charge in [0.05, 0.1) is 66.3 Å². The maximum atomic E-state index is 2.54. The molecule has 0 N–H and O–H groups in total. The molecule has 18 aromatic carbocycles. The second-order valence-corrected chi connectivity index (χ2v) is 33.4. The molecule has 0 bridgehead atoms. The van der Waals surface area contributed by atoms with Gasteiger partial charge in [0.15, 0.2) is 0 Å². The van der Waals surface area contributed by atoms with Crippen LogP contribution in [0.3, 0.4) is 0 Å². The van der Waals surface area contributed by atoms with Gasteiger partial charge in [-0.05, 0) is 174 Å². The Morgan fingerprint density at radius 2 is 0.509 bits per heavy atom. The summed E-state index contributed by atoms with van der Waals surface area (Å²) in [5.41, 5.74) is 34.2. The molecule has 2 spiro atoms. The van der Waals surface area contributed by atoms with Crippen molar-refractivity contribution in [3.63, 3.8) is 0 Å².